The van der Waals surface area contributed by atoms with Gasteiger partial charge in [-0.1, -0.05) is 50.2 Å². The first kappa shape index (κ1) is 12.7. The number of hydrogen-bond acceptors (Lipinski definition) is 1. The van der Waals surface area contributed by atoms with Crippen LogP contribution in [0.15, 0.2) is 48.5 Å². The van der Waals surface area contributed by atoms with Crippen LogP contribution < -0.4 is 0 Å². The molecule has 0 amide bonds. The molecule has 100 valence electrons. The zero-order chi connectivity index (χ0) is 14.3. The van der Waals surface area contributed by atoms with Crippen molar-refractivity contribution in [1.29, 1.82) is 0 Å². The van der Waals surface area contributed by atoms with Crippen molar-refractivity contribution in [3.63, 3.8) is 0 Å². The second-order valence-corrected chi connectivity index (χ2v) is 5.41. The van der Waals surface area contributed by atoms with E-state index in [0.717, 1.165) is 16.2 Å². The monoisotopic (exact) mass is 264 g/mol. The van der Waals surface area contributed by atoms with Gasteiger partial charge < -0.3 is 5.11 Å². The Hall–Kier alpha value is -2.35. The van der Waals surface area contributed by atoms with Crippen LogP contribution >= 0.6 is 0 Å². The maximum absolute atomic E-state index is 11.2. The molecule has 3 aromatic rings. The Labute approximate surface area is 117 Å². The average Bonchev–Trinajstić information content (AvgIpc) is 2.45. The zero-order valence-corrected chi connectivity index (χ0v) is 11.6. The summed E-state index contributed by atoms with van der Waals surface area (Å²) in [6.07, 6.45) is 0. The van der Waals surface area contributed by atoms with Gasteiger partial charge in [0, 0.05) is 0 Å². The summed E-state index contributed by atoms with van der Waals surface area (Å²) in [4.78, 5) is 11.2. The van der Waals surface area contributed by atoms with Gasteiger partial charge in [0.15, 0.2) is 0 Å². The van der Waals surface area contributed by atoms with E-state index in [1.165, 1.54) is 10.9 Å². The molecule has 0 radical (unpaired) electrons. The Morgan fingerprint density at radius 2 is 1.65 bits per heavy atom. The van der Waals surface area contributed by atoms with Crippen molar-refractivity contribution in [2.45, 2.75) is 19.8 Å². The molecule has 0 saturated carbocycles. The van der Waals surface area contributed by atoms with Gasteiger partial charge in [0.2, 0.25) is 0 Å². The second kappa shape index (κ2) is 4.64. The number of fused-ring (bicyclic) bond motifs is 3. The SMILES string of the molecule is CC(C)c1cc2ccc(C(=O)O)cc2c2ccccc12. The van der Waals surface area contributed by atoms with Crippen LogP contribution in [0.3, 0.4) is 0 Å². The number of aromatic carboxylic acids is 1. The summed E-state index contributed by atoms with van der Waals surface area (Å²) in [6.45, 7) is 4.36. The van der Waals surface area contributed by atoms with Gasteiger partial charge in [-0.05, 0) is 45.2 Å². The molecule has 20 heavy (non-hydrogen) atoms. The Kier molecular flexibility index (Phi) is 2.94. The van der Waals surface area contributed by atoms with Crippen LogP contribution in [0.5, 0.6) is 0 Å². The average molecular weight is 264 g/mol. The van der Waals surface area contributed by atoms with Crippen LogP contribution in [0.4, 0.5) is 0 Å². The predicted molar refractivity (Wildman–Crippen MR) is 82.5 cm³/mol. The first-order valence-corrected chi connectivity index (χ1v) is 6.76. The largest absolute Gasteiger partial charge is 0.478 e. The number of carboxylic acid groups (broad SMARTS) is 1. The van der Waals surface area contributed by atoms with Gasteiger partial charge in [-0.25, -0.2) is 4.79 Å². The highest BCUT2D eigenvalue weighted by atomic mass is 16.4. The van der Waals surface area contributed by atoms with Crippen LogP contribution in [0, 0.1) is 0 Å². The van der Waals surface area contributed by atoms with E-state index in [0.29, 0.717) is 11.5 Å². The summed E-state index contributed by atoms with van der Waals surface area (Å²) in [5, 5.41) is 13.6. The van der Waals surface area contributed by atoms with E-state index in [1.54, 1.807) is 12.1 Å². The van der Waals surface area contributed by atoms with Gasteiger partial charge in [-0.15, -0.1) is 0 Å². The summed E-state index contributed by atoms with van der Waals surface area (Å²) in [5.41, 5.74) is 1.64. The van der Waals surface area contributed by atoms with Gasteiger partial charge in [0.1, 0.15) is 0 Å². The molecule has 0 spiro atoms. The molecule has 2 nitrogen and oxygen atoms in total. The number of rotatable bonds is 2. The smallest absolute Gasteiger partial charge is 0.335 e. The van der Waals surface area contributed by atoms with Gasteiger partial charge in [-0.3, -0.25) is 0 Å². The Balaban J connectivity index is 2.47. The van der Waals surface area contributed by atoms with Crippen molar-refractivity contribution < 1.29 is 9.90 Å². The van der Waals surface area contributed by atoms with Crippen molar-refractivity contribution >= 4 is 27.5 Å². The van der Waals surface area contributed by atoms with Crippen LogP contribution in [-0.2, 0) is 0 Å². The fourth-order valence-corrected chi connectivity index (χ4v) is 2.74. The van der Waals surface area contributed by atoms with Crippen molar-refractivity contribution in [3.05, 3.63) is 59.7 Å². The fourth-order valence-electron chi connectivity index (χ4n) is 2.74. The highest BCUT2D eigenvalue weighted by Gasteiger charge is 2.11. The van der Waals surface area contributed by atoms with Gasteiger partial charge in [0.05, 0.1) is 5.56 Å². The first-order valence-electron chi connectivity index (χ1n) is 6.76. The van der Waals surface area contributed by atoms with Gasteiger partial charge in [-0.2, -0.15) is 0 Å². The Morgan fingerprint density at radius 3 is 2.30 bits per heavy atom. The third-order valence-electron chi connectivity index (χ3n) is 3.76. The lowest BCUT2D eigenvalue weighted by atomic mass is 9.91. The molecule has 0 aromatic heterocycles. The molecule has 3 aromatic carbocycles. The summed E-state index contributed by atoms with van der Waals surface area (Å²) in [6, 6.07) is 15.7. The zero-order valence-electron chi connectivity index (χ0n) is 11.6. The molecular formula is C18H16O2. The molecule has 0 bridgehead atoms. The van der Waals surface area contributed by atoms with Gasteiger partial charge in [0.25, 0.3) is 0 Å². The molecule has 0 fully saturated rings. The number of hydrogen-bond donors (Lipinski definition) is 1. The molecule has 3 rings (SSSR count). The molecule has 0 aliphatic carbocycles. The molecule has 0 saturated heterocycles. The lowest BCUT2D eigenvalue weighted by molar-refractivity contribution is 0.0697. The van der Waals surface area contributed by atoms with E-state index in [-0.39, 0.29) is 0 Å². The third-order valence-corrected chi connectivity index (χ3v) is 3.76. The summed E-state index contributed by atoms with van der Waals surface area (Å²) >= 11 is 0. The molecule has 2 heteroatoms. The topological polar surface area (TPSA) is 37.3 Å². The van der Waals surface area contributed by atoms with Crippen molar-refractivity contribution in [2.75, 3.05) is 0 Å². The lowest BCUT2D eigenvalue weighted by Crippen LogP contribution is -1.96. The summed E-state index contributed by atoms with van der Waals surface area (Å²) in [5.74, 6) is -0.452. The fraction of sp³-hybridized carbons (Fsp3) is 0.167. The van der Waals surface area contributed by atoms with E-state index >= 15 is 0 Å². The van der Waals surface area contributed by atoms with Crippen molar-refractivity contribution in [2.24, 2.45) is 0 Å². The molecule has 0 atom stereocenters. The van der Waals surface area contributed by atoms with E-state index in [2.05, 4.69) is 32.0 Å². The first-order chi connectivity index (χ1) is 9.58. The normalized spacial score (nSPS) is 11.3. The number of carboxylic acids is 1. The molecule has 0 aliphatic heterocycles. The van der Waals surface area contributed by atoms with Gasteiger partial charge >= 0.3 is 5.97 Å². The predicted octanol–water partition coefficient (Wildman–Crippen LogP) is 4.81. The van der Waals surface area contributed by atoms with E-state index in [1.807, 2.05) is 18.2 Å². The summed E-state index contributed by atoms with van der Waals surface area (Å²) in [7, 11) is 0. The number of carbonyl (C=O) groups is 1. The molecule has 0 heterocycles. The van der Waals surface area contributed by atoms with E-state index in [4.69, 9.17) is 5.11 Å². The lowest BCUT2D eigenvalue weighted by Gasteiger charge is -2.13. The van der Waals surface area contributed by atoms with Crippen LogP contribution in [0.2, 0.25) is 0 Å². The molecule has 0 unspecified atom stereocenters. The highest BCUT2D eigenvalue weighted by Crippen LogP contribution is 2.33. The Bertz CT molecular complexity index is 816. The standard InChI is InChI=1S/C18H16O2/c1-11(2)16-9-12-7-8-13(18(19)20)10-17(12)15-6-4-3-5-14(15)16/h3-11H,1-2H3,(H,19,20). The van der Waals surface area contributed by atoms with Crippen molar-refractivity contribution in [1.82, 2.24) is 0 Å². The number of benzene rings is 3. The maximum atomic E-state index is 11.2. The van der Waals surface area contributed by atoms with Crippen LogP contribution in [0.1, 0.15) is 35.7 Å². The van der Waals surface area contributed by atoms with E-state index in [9.17, 15) is 4.79 Å². The van der Waals surface area contributed by atoms with Crippen LogP contribution in [-0.4, -0.2) is 11.1 Å². The minimum Gasteiger partial charge on any atom is -0.478 e. The third kappa shape index (κ3) is 1.94. The summed E-state index contributed by atoms with van der Waals surface area (Å²) < 4.78 is 0. The van der Waals surface area contributed by atoms with Crippen molar-refractivity contribution in [3.8, 4) is 0 Å². The molecular weight excluding hydrogens is 248 g/mol. The maximum Gasteiger partial charge on any atom is 0.335 e. The molecule has 1 N–H and O–H groups in total. The molecule has 0 aliphatic rings. The minimum absolute atomic E-state index is 0.333. The van der Waals surface area contributed by atoms with E-state index < -0.39 is 5.97 Å². The quantitative estimate of drug-likeness (QED) is 0.674. The van der Waals surface area contributed by atoms with Crippen LogP contribution in [0.25, 0.3) is 21.5 Å². The minimum atomic E-state index is -0.885. The Morgan fingerprint density at radius 1 is 0.950 bits per heavy atom. The highest BCUT2D eigenvalue weighted by molar-refractivity contribution is 6.10. The second-order valence-electron chi connectivity index (χ2n) is 5.41.